The Balaban J connectivity index is 4.61. The fraction of sp³-hybridized carbons (Fsp3) is 1.00. The first-order chi connectivity index (χ1) is 14.7. The Hall–Kier alpha value is 1.19. The van der Waals surface area contributed by atoms with Gasteiger partial charge in [0.2, 0.25) is 0 Å². The van der Waals surface area contributed by atoms with E-state index in [1.165, 1.54) is 122 Å². The molecule has 0 rings (SSSR count). The first kappa shape index (κ1) is 31.2. The topological polar surface area (TPSA) is 9.23 Å². The van der Waals surface area contributed by atoms with Gasteiger partial charge in [0, 0.05) is 0 Å². The van der Waals surface area contributed by atoms with Crippen LogP contribution in [0.2, 0.25) is 0 Å². The maximum atomic E-state index is 6.47. The number of hydrogen-bond donors (Lipinski definition) is 0. The van der Waals surface area contributed by atoms with Crippen molar-refractivity contribution in [3.8, 4) is 0 Å². The summed E-state index contributed by atoms with van der Waals surface area (Å²) < 4.78 is 6.47. The molecule has 0 unspecified atom stereocenters. The van der Waals surface area contributed by atoms with E-state index in [9.17, 15) is 0 Å². The molecule has 3 heteroatoms. The minimum absolute atomic E-state index is 0.610. The molecule has 0 aliphatic heterocycles. The van der Waals surface area contributed by atoms with Crippen molar-refractivity contribution in [1.29, 1.82) is 0 Å². The molecule has 30 heavy (non-hydrogen) atoms. The molecule has 2 radical (unpaired) electrons. The molecule has 0 aromatic heterocycles. The molecule has 0 aliphatic rings. The molecule has 0 heterocycles. The fourth-order valence-corrected chi connectivity index (χ4v) is 20.1. The summed E-state index contributed by atoms with van der Waals surface area (Å²) >= 11 is -0.610. The van der Waals surface area contributed by atoms with Crippen molar-refractivity contribution in [3.05, 3.63) is 0 Å². The van der Waals surface area contributed by atoms with Crippen molar-refractivity contribution >= 4 is 25.9 Å². The second-order valence-corrected chi connectivity index (χ2v) is 25.7. The second kappa shape index (κ2) is 24.8. The van der Waals surface area contributed by atoms with Crippen LogP contribution >= 0.6 is 4.92 Å². The molecule has 182 valence electrons. The molecule has 0 aromatic carbocycles. The summed E-state index contributed by atoms with van der Waals surface area (Å²) in [6.07, 6.45) is 32.4. The molecule has 0 N–H and O–H groups in total. The predicted octanol–water partition coefficient (Wildman–Crippen LogP) is 9.78. The normalized spacial score (nSPS) is 12.5. The summed E-state index contributed by atoms with van der Waals surface area (Å²) in [7, 11) is 0. The first-order valence-electron chi connectivity index (χ1n) is 14.1. The van der Waals surface area contributed by atoms with E-state index in [1.54, 1.807) is 18.5 Å². The third-order valence-corrected chi connectivity index (χ3v) is 23.1. The Morgan fingerprint density at radius 3 is 1.10 bits per heavy atom. The van der Waals surface area contributed by atoms with E-state index in [2.05, 4.69) is 27.7 Å². The van der Waals surface area contributed by atoms with E-state index in [0.29, 0.717) is 0 Å². The first-order valence-corrected chi connectivity index (χ1v) is 22.2. The van der Waals surface area contributed by atoms with Crippen molar-refractivity contribution in [2.75, 3.05) is 25.1 Å². The van der Waals surface area contributed by atoms with Crippen molar-refractivity contribution in [2.45, 2.75) is 150 Å². The third-order valence-electron chi connectivity index (χ3n) is 6.62. The van der Waals surface area contributed by atoms with Crippen LogP contribution in [0.1, 0.15) is 150 Å². The third kappa shape index (κ3) is 19.8. The zero-order chi connectivity index (χ0) is 22.2. The van der Waals surface area contributed by atoms with E-state index < -0.39 is 25.9 Å². The van der Waals surface area contributed by atoms with Crippen LogP contribution in [0.3, 0.4) is 0 Å². The van der Waals surface area contributed by atoms with Crippen LogP contribution in [0.4, 0.5) is 0 Å². The predicted molar refractivity (Wildman–Crippen MR) is 145 cm³/mol. The number of unbranched alkanes of at least 4 members (excludes halogenated alkanes) is 15. The van der Waals surface area contributed by atoms with Crippen LogP contribution in [0.15, 0.2) is 0 Å². The molecule has 1 nitrogen and oxygen atoms in total. The van der Waals surface area contributed by atoms with Gasteiger partial charge in [-0.15, -0.1) is 0 Å². The summed E-state index contributed by atoms with van der Waals surface area (Å²) in [5, 5.41) is 0. The van der Waals surface area contributed by atoms with E-state index >= 15 is 0 Å². The zero-order valence-electron chi connectivity index (χ0n) is 21.7. The van der Waals surface area contributed by atoms with Crippen molar-refractivity contribution in [1.82, 2.24) is 0 Å². The standard InChI is InChI=1S/C24H51P.C3H7O.Sn/c1-4-7-10-13-16-19-22-25(23-20-17-14-11-8-5-2)24-21-18-15-12-9-6-3;1-2-3-4;/h4-24H2,1-3H3;2-3H2,1H3;/q;-1;/p+1. The summed E-state index contributed by atoms with van der Waals surface area (Å²) in [5.41, 5.74) is 0. The Morgan fingerprint density at radius 1 is 0.433 bits per heavy atom. The summed E-state index contributed by atoms with van der Waals surface area (Å²) in [5.74, 6) is 0. The van der Waals surface area contributed by atoms with Crippen molar-refractivity contribution < 1.29 is 3.07 Å². The molecule has 0 atom stereocenters. The molecule has 0 saturated heterocycles. The quantitative estimate of drug-likeness (QED) is 0.0626. The van der Waals surface area contributed by atoms with Gasteiger partial charge in [0.25, 0.3) is 0 Å². The van der Waals surface area contributed by atoms with Crippen LogP contribution < -0.4 is 0 Å². The van der Waals surface area contributed by atoms with Gasteiger partial charge in [-0.1, -0.05) is 0 Å². The zero-order valence-corrected chi connectivity index (χ0v) is 25.5. The molecular formula is C27H59OPSn. The molecule has 0 bridgehead atoms. The summed E-state index contributed by atoms with van der Waals surface area (Å²) in [4.78, 5) is -1.09. The van der Waals surface area contributed by atoms with Gasteiger partial charge in [-0.05, 0) is 0 Å². The molecule has 0 saturated carbocycles. The van der Waals surface area contributed by atoms with Gasteiger partial charge >= 0.3 is 204 Å². The van der Waals surface area contributed by atoms with Crippen LogP contribution in [0.25, 0.3) is 0 Å². The molecule has 0 fully saturated rings. The number of rotatable bonds is 25. The van der Waals surface area contributed by atoms with E-state index in [-0.39, 0.29) is 0 Å². The Morgan fingerprint density at radius 2 is 0.767 bits per heavy atom. The van der Waals surface area contributed by atoms with Crippen molar-refractivity contribution in [2.24, 2.45) is 0 Å². The van der Waals surface area contributed by atoms with Crippen molar-refractivity contribution in [3.63, 3.8) is 0 Å². The molecule has 0 amide bonds. The van der Waals surface area contributed by atoms with E-state index in [1.807, 2.05) is 0 Å². The van der Waals surface area contributed by atoms with Crippen LogP contribution in [-0.2, 0) is 3.07 Å². The Kier molecular flexibility index (Phi) is 25.8. The van der Waals surface area contributed by atoms with Crippen LogP contribution in [0.5, 0.6) is 0 Å². The SMILES string of the molecule is CCCCCCCC[PH](CCCCCCCC)(CCCCCCCC)[Sn][O]CCC. The minimum atomic E-state index is -1.09. The second-order valence-electron chi connectivity index (χ2n) is 9.78. The molecule has 0 aromatic rings. The van der Waals surface area contributed by atoms with Gasteiger partial charge in [0.1, 0.15) is 0 Å². The van der Waals surface area contributed by atoms with Crippen LogP contribution in [-0.4, -0.2) is 46.1 Å². The Labute approximate surface area is 203 Å². The summed E-state index contributed by atoms with van der Waals surface area (Å²) in [6, 6.07) is 0. The fourth-order valence-electron chi connectivity index (χ4n) is 4.57. The van der Waals surface area contributed by atoms with Gasteiger partial charge in [-0.2, -0.15) is 0 Å². The van der Waals surface area contributed by atoms with E-state index in [4.69, 9.17) is 3.07 Å². The van der Waals surface area contributed by atoms with E-state index in [0.717, 1.165) is 6.61 Å². The molecular weight excluding hydrogens is 490 g/mol. The monoisotopic (exact) mass is 550 g/mol. The molecule has 0 spiro atoms. The van der Waals surface area contributed by atoms with Crippen LogP contribution in [0, 0.1) is 0 Å². The van der Waals surface area contributed by atoms with Gasteiger partial charge in [-0.25, -0.2) is 0 Å². The average molecular weight is 549 g/mol. The van der Waals surface area contributed by atoms with Gasteiger partial charge < -0.3 is 0 Å². The van der Waals surface area contributed by atoms with Gasteiger partial charge in [0.15, 0.2) is 0 Å². The molecule has 0 aliphatic carbocycles. The maximum absolute atomic E-state index is 6.47. The van der Waals surface area contributed by atoms with Gasteiger partial charge in [0.05, 0.1) is 0 Å². The number of hydrogen-bond acceptors (Lipinski definition) is 1. The van der Waals surface area contributed by atoms with Gasteiger partial charge in [-0.3, -0.25) is 0 Å². The summed E-state index contributed by atoms with van der Waals surface area (Å²) in [6.45, 7) is 10.3. The Bertz CT molecular complexity index is 283. The average Bonchev–Trinajstić information content (AvgIpc) is 2.75.